The van der Waals surface area contributed by atoms with E-state index in [0.29, 0.717) is 12.2 Å². The zero-order valence-corrected chi connectivity index (χ0v) is 19.7. The van der Waals surface area contributed by atoms with Crippen molar-refractivity contribution in [3.63, 3.8) is 0 Å². The molecule has 0 spiro atoms. The summed E-state index contributed by atoms with van der Waals surface area (Å²) < 4.78 is 31.5. The average Bonchev–Trinajstić information content (AvgIpc) is 3.19. The van der Waals surface area contributed by atoms with Gasteiger partial charge in [-0.3, -0.25) is 4.55 Å². The third-order valence-electron chi connectivity index (χ3n) is 6.29. The number of hydrogen-bond donors (Lipinski definition) is 1. The second-order valence-electron chi connectivity index (χ2n) is 8.82. The molecule has 0 bridgehead atoms. The summed E-state index contributed by atoms with van der Waals surface area (Å²) in [7, 11) is 0.407. The van der Waals surface area contributed by atoms with Gasteiger partial charge in [0.1, 0.15) is 5.75 Å². The van der Waals surface area contributed by atoms with E-state index in [2.05, 4.69) is 48.3 Å². The summed E-state index contributed by atoms with van der Waals surface area (Å²) in [6.45, 7) is 2.28. The maximum Gasteiger partial charge on any atom is 0.261 e. The molecule has 0 heterocycles. The zero-order chi connectivity index (χ0) is 22.4. The molecule has 31 heavy (non-hydrogen) atoms. The van der Waals surface area contributed by atoms with Gasteiger partial charge < -0.3 is 9.64 Å². The van der Waals surface area contributed by atoms with Gasteiger partial charge in [0.05, 0.1) is 13.4 Å². The van der Waals surface area contributed by atoms with Crippen LogP contribution in [0.2, 0.25) is 0 Å². The first-order valence-corrected chi connectivity index (χ1v) is 13.0. The first kappa shape index (κ1) is 23.8. The third kappa shape index (κ3) is 7.06. The summed E-state index contributed by atoms with van der Waals surface area (Å²) in [6.07, 6.45) is 9.49. The number of aryl methyl sites for hydroxylation is 2. The van der Waals surface area contributed by atoms with Crippen molar-refractivity contribution in [2.45, 2.75) is 50.9 Å². The lowest BCUT2D eigenvalue weighted by Gasteiger charge is -2.30. The van der Waals surface area contributed by atoms with Gasteiger partial charge in [-0.25, -0.2) is 0 Å². The minimum atomic E-state index is -3.67. The van der Waals surface area contributed by atoms with Crippen LogP contribution in [0.15, 0.2) is 36.4 Å². The van der Waals surface area contributed by atoms with Crippen molar-refractivity contribution in [1.82, 2.24) is 4.90 Å². The minimum absolute atomic E-state index is 0.638. The maximum atomic E-state index is 9.19. The Labute approximate surface area is 187 Å². The maximum absolute atomic E-state index is 9.19. The number of rotatable bonds is 6. The van der Waals surface area contributed by atoms with Gasteiger partial charge in [0.2, 0.25) is 0 Å². The lowest BCUT2D eigenvalue weighted by molar-refractivity contribution is 0.299. The molecule has 6 heteroatoms. The van der Waals surface area contributed by atoms with Gasteiger partial charge >= 0.3 is 0 Å². The molecule has 170 valence electrons. The fourth-order valence-electron chi connectivity index (χ4n) is 4.86. The van der Waals surface area contributed by atoms with E-state index in [-0.39, 0.29) is 0 Å². The monoisotopic (exact) mass is 445 g/mol. The molecule has 2 aromatic carbocycles. The number of hydrogen-bond acceptors (Lipinski definition) is 4. The lowest BCUT2D eigenvalue weighted by atomic mass is 9.82. The topological polar surface area (TPSA) is 66.8 Å². The highest BCUT2D eigenvalue weighted by molar-refractivity contribution is 7.85. The highest BCUT2D eigenvalue weighted by Gasteiger charge is 2.23. The van der Waals surface area contributed by atoms with Crippen LogP contribution in [0.3, 0.4) is 0 Å². The summed E-state index contributed by atoms with van der Waals surface area (Å²) in [4.78, 5) is 2.52. The summed E-state index contributed by atoms with van der Waals surface area (Å²) >= 11 is 0. The molecule has 0 fully saturated rings. The number of methoxy groups -OCH3 is 1. The van der Waals surface area contributed by atoms with Crippen LogP contribution in [0.25, 0.3) is 0 Å². The highest BCUT2D eigenvalue weighted by atomic mass is 32.2. The average molecular weight is 446 g/mol. The third-order valence-corrected chi connectivity index (χ3v) is 6.29. The van der Waals surface area contributed by atoms with Crippen LogP contribution in [0.5, 0.6) is 5.75 Å². The van der Waals surface area contributed by atoms with Crippen LogP contribution in [-0.4, -0.2) is 51.4 Å². The number of fused-ring (bicyclic) bond motifs is 2. The Morgan fingerprint density at radius 3 is 2.58 bits per heavy atom. The smallest absolute Gasteiger partial charge is 0.261 e. The van der Waals surface area contributed by atoms with E-state index in [1.54, 1.807) is 18.2 Å². The summed E-state index contributed by atoms with van der Waals surface area (Å²) in [6, 6.07) is 13.7. The molecule has 2 aliphatic carbocycles. The van der Waals surface area contributed by atoms with Crippen molar-refractivity contribution in [3.8, 4) is 5.75 Å². The van der Waals surface area contributed by atoms with Crippen molar-refractivity contribution in [3.05, 3.63) is 64.2 Å². The van der Waals surface area contributed by atoms with E-state index < -0.39 is 10.1 Å². The van der Waals surface area contributed by atoms with Crippen molar-refractivity contribution >= 4 is 10.1 Å². The predicted octanol–water partition coefficient (Wildman–Crippen LogP) is 4.28. The molecule has 0 saturated heterocycles. The summed E-state index contributed by atoms with van der Waals surface area (Å²) in [5, 5.41) is 0. The molecular weight excluding hydrogens is 410 g/mol. The van der Waals surface area contributed by atoms with Gasteiger partial charge in [-0.15, -0.1) is 0 Å². The molecule has 0 radical (unpaired) electrons. The molecule has 2 aliphatic rings. The summed E-state index contributed by atoms with van der Waals surface area (Å²) in [5.41, 5.74) is 7.63. The Bertz CT molecular complexity index is 979. The molecular formula is C25H35NO4S. The van der Waals surface area contributed by atoms with Crippen LogP contribution in [0, 0.1) is 0 Å². The second-order valence-corrected chi connectivity index (χ2v) is 10.3. The molecule has 0 aliphatic heterocycles. The quantitative estimate of drug-likeness (QED) is 0.672. The molecule has 0 aromatic heterocycles. The fraction of sp³-hybridized carbons (Fsp3) is 0.520. The number of nitrogens with zero attached hydrogens (tertiary/aromatic N) is 1. The Morgan fingerprint density at radius 1 is 1.10 bits per heavy atom. The lowest BCUT2D eigenvalue weighted by Crippen LogP contribution is -2.28. The van der Waals surface area contributed by atoms with E-state index in [0.717, 1.165) is 31.7 Å². The van der Waals surface area contributed by atoms with Crippen LogP contribution >= 0.6 is 0 Å². The molecule has 2 aromatic rings. The zero-order valence-electron chi connectivity index (χ0n) is 18.9. The fourth-order valence-corrected chi connectivity index (χ4v) is 4.86. The van der Waals surface area contributed by atoms with E-state index in [4.69, 9.17) is 9.29 Å². The highest BCUT2D eigenvalue weighted by Crippen LogP contribution is 2.36. The Hall–Kier alpha value is -1.89. The van der Waals surface area contributed by atoms with Crippen molar-refractivity contribution in [1.29, 1.82) is 0 Å². The van der Waals surface area contributed by atoms with E-state index >= 15 is 0 Å². The van der Waals surface area contributed by atoms with Gasteiger partial charge in [0.25, 0.3) is 10.1 Å². The van der Waals surface area contributed by atoms with E-state index in [1.807, 2.05) is 0 Å². The molecule has 1 atom stereocenters. The van der Waals surface area contributed by atoms with Crippen molar-refractivity contribution < 1.29 is 17.7 Å². The molecule has 1 N–H and O–H groups in total. The Balaban J connectivity index is 0.000000491. The normalized spacial score (nSPS) is 17.5. The van der Waals surface area contributed by atoms with Gasteiger partial charge in [0.15, 0.2) is 0 Å². The SMILES string of the molecule is COc1cccc2c1CCCC2CN(C)CCc1ccc2c(c1)CCC2.CS(=O)(=O)O. The largest absolute Gasteiger partial charge is 0.496 e. The first-order valence-electron chi connectivity index (χ1n) is 11.1. The van der Waals surface area contributed by atoms with Crippen LogP contribution < -0.4 is 4.74 Å². The molecule has 0 saturated carbocycles. The molecule has 0 amide bonds. The van der Waals surface area contributed by atoms with Gasteiger partial charge in [-0.05, 0) is 91.8 Å². The van der Waals surface area contributed by atoms with Gasteiger partial charge in [-0.1, -0.05) is 30.3 Å². The molecule has 5 nitrogen and oxygen atoms in total. The molecule has 4 rings (SSSR count). The van der Waals surface area contributed by atoms with Crippen molar-refractivity contribution in [2.75, 3.05) is 33.5 Å². The number of ether oxygens (including phenoxy) is 1. The number of likely N-dealkylation sites (N-methyl/N-ethyl adjacent to an activating group) is 1. The summed E-state index contributed by atoms with van der Waals surface area (Å²) in [5.74, 6) is 1.71. The minimum Gasteiger partial charge on any atom is -0.496 e. The Kier molecular flexibility index (Phi) is 8.14. The van der Waals surface area contributed by atoms with E-state index in [1.165, 1.54) is 48.8 Å². The van der Waals surface area contributed by atoms with Crippen molar-refractivity contribution in [2.24, 2.45) is 0 Å². The Morgan fingerprint density at radius 2 is 1.84 bits per heavy atom. The van der Waals surface area contributed by atoms with E-state index in [9.17, 15) is 8.42 Å². The first-order chi connectivity index (χ1) is 14.7. The van der Waals surface area contributed by atoms with Crippen LogP contribution in [-0.2, 0) is 35.8 Å². The second kappa shape index (κ2) is 10.6. The molecule has 1 unspecified atom stereocenters. The predicted molar refractivity (Wildman–Crippen MR) is 126 cm³/mol. The van der Waals surface area contributed by atoms with Gasteiger partial charge in [-0.2, -0.15) is 8.42 Å². The van der Waals surface area contributed by atoms with Gasteiger partial charge in [0, 0.05) is 13.1 Å². The number of benzene rings is 2. The van der Waals surface area contributed by atoms with Crippen LogP contribution in [0.1, 0.15) is 53.0 Å². The standard InChI is InChI=1S/C24H31NO.CH4O3S/c1-25(15-14-18-12-13-19-6-3-7-20(19)16-18)17-21-8-4-10-23-22(21)9-5-11-24(23)26-2;1-5(2,3)4/h5,9,11-13,16,21H,3-4,6-8,10,14-15,17H2,1-2H3;1H3,(H,2,3,4). The van der Waals surface area contributed by atoms with Crippen LogP contribution in [0.4, 0.5) is 0 Å².